The second-order valence-corrected chi connectivity index (χ2v) is 8.12. The molecular weight excluding hydrogens is 414 g/mol. The third-order valence-electron chi connectivity index (χ3n) is 5.88. The van der Waals surface area contributed by atoms with Crippen molar-refractivity contribution in [3.63, 3.8) is 0 Å². The number of carbonyl (C=O) groups is 2. The minimum Gasteiger partial charge on any atom is -0.322 e. The molecule has 1 aliphatic rings. The number of rotatable bonds is 6. The zero-order valence-corrected chi connectivity index (χ0v) is 18.6. The van der Waals surface area contributed by atoms with E-state index < -0.39 is 0 Å². The molecule has 170 valence electrons. The van der Waals surface area contributed by atoms with Gasteiger partial charge >= 0.3 is 6.03 Å². The van der Waals surface area contributed by atoms with Gasteiger partial charge < -0.3 is 4.90 Å². The lowest BCUT2D eigenvalue weighted by atomic mass is 10.1. The minimum atomic E-state index is -0.342. The molecule has 33 heavy (non-hydrogen) atoms. The van der Waals surface area contributed by atoms with Gasteiger partial charge in [-0.05, 0) is 35.4 Å². The largest absolute Gasteiger partial charge is 0.324 e. The fourth-order valence-electron chi connectivity index (χ4n) is 4.01. The first-order valence-corrected chi connectivity index (χ1v) is 11.1. The Labute approximate surface area is 194 Å². The van der Waals surface area contributed by atoms with E-state index in [4.69, 9.17) is 5.84 Å². The first kappa shape index (κ1) is 22.5. The summed E-state index contributed by atoms with van der Waals surface area (Å²) in [5, 5.41) is 0. The number of hydrogen-bond donors (Lipinski definition) is 2. The maximum absolute atomic E-state index is 13.5. The van der Waals surface area contributed by atoms with Gasteiger partial charge in [0.1, 0.15) is 0 Å². The highest BCUT2D eigenvalue weighted by Crippen LogP contribution is 2.20. The molecule has 7 heteroatoms. The number of nitrogen functional groups attached to an aromatic ring is 1. The number of hydrogen-bond acceptors (Lipinski definition) is 4. The normalized spacial score (nSPS) is 14.0. The van der Waals surface area contributed by atoms with Gasteiger partial charge in [-0.1, -0.05) is 60.7 Å². The standard InChI is InChI=1S/C26H29N5O2/c27-28-25(32)23-13-11-22(12-14-23)20-31(24-9-5-2-6-10-24)26(33)30-17-15-29(16-18-30)19-21-7-3-1-4-8-21/h1-14H,15-20,27H2,(H,28,32). The van der Waals surface area contributed by atoms with Gasteiger partial charge in [-0.3, -0.25) is 20.0 Å². The number of piperazine rings is 1. The number of anilines is 1. The van der Waals surface area contributed by atoms with Crippen molar-refractivity contribution in [2.75, 3.05) is 31.1 Å². The molecule has 3 amide bonds. The molecule has 4 rings (SSSR count). The van der Waals surface area contributed by atoms with Gasteiger partial charge in [0.2, 0.25) is 0 Å². The first-order valence-electron chi connectivity index (χ1n) is 11.1. The third kappa shape index (κ3) is 5.77. The van der Waals surface area contributed by atoms with Crippen LogP contribution >= 0.6 is 0 Å². The van der Waals surface area contributed by atoms with Crippen LogP contribution in [0.2, 0.25) is 0 Å². The molecule has 7 nitrogen and oxygen atoms in total. The molecule has 1 fully saturated rings. The van der Waals surface area contributed by atoms with Crippen molar-refractivity contribution in [1.82, 2.24) is 15.2 Å². The van der Waals surface area contributed by atoms with E-state index in [9.17, 15) is 9.59 Å². The van der Waals surface area contributed by atoms with Crippen molar-refractivity contribution in [2.24, 2.45) is 5.84 Å². The van der Waals surface area contributed by atoms with Crippen LogP contribution in [-0.4, -0.2) is 47.9 Å². The summed E-state index contributed by atoms with van der Waals surface area (Å²) >= 11 is 0. The van der Waals surface area contributed by atoms with Crippen molar-refractivity contribution in [1.29, 1.82) is 0 Å². The molecule has 3 N–H and O–H groups in total. The average Bonchev–Trinajstić information content (AvgIpc) is 2.88. The Morgan fingerprint density at radius 2 is 1.39 bits per heavy atom. The quantitative estimate of drug-likeness (QED) is 0.348. The lowest BCUT2D eigenvalue weighted by Gasteiger charge is -2.37. The molecule has 3 aromatic carbocycles. The van der Waals surface area contributed by atoms with E-state index in [-0.39, 0.29) is 11.9 Å². The van der Waals surface area contributed by atoms with Gasteiger partial charge in [0.25, 0.3) is 5.91 Å². The highest BCUT2D eigenvalue weighted by Gasteiger charge is 2.26. The smallest absolute Gasteiger partial charge is 0.322 e. The summed E-state index contributed by atoms with van der Waals surface area (Å²) in [5.74, 6) is 4.87. The summed E-state index contributed by atoms with van der Waals surface area (Å²) < 4.78 is 0. The Morgan fingerprint density at radius 3 is 2.00 bits per heavy atom. The first-order chi connectivity index (χ1) is 16.1. The molecule has 0 bridgehead atoms. The fourth-order valence-corrected chi connectivity index (χ4v) is 4.01. The van der Waals surface area contributed by atoms with Gasteiger partial charge in [-0.25, -0.2) is 10.6 Å². The third-order valence-corrected chi connectivity index (χ3v) is 5.88. The number of carbonyl (C=O) groups excluding carboxylic acids is 2. The molecule has 0 unspecified atom stereocenters. The van der Waals surface area contributed by atoms with Crippen LogP contribution in [0.1, 0.15) is 21.5 Å². The highest BCUT2D eigenvalue weighted by atomic mass is 16.2. The molecule has 0 atom stereocenters. The second-order valence-electron chi connectivity index (χ2n) is 8.12. The topological polar surface area (TPSA) is 81.9 Å². The van der Waals surface area contributed by atoms with Gasteiger partial charge in [-0.2, -0.15) is 0 Å². The number of hydrazine groups is 1. The summed E-state index contributed by atoms with van der Waals surface area (Å²) in [6.07, 6.45) is 0. The fraction of sp³-hybridized carbons (Fsp3) is 0.231. The minimum absolute atomic E-state index is 0.00987. The Bertz CT molecular complexity index is 1050. The van der Waals surface area contributed by atoms with Crippen LogP contribution in [0.25, 0.3) is 0 Å². The number of nitrogens with zero attached hydrogens (tertiary/aromatic N) is 3. The molecule has 1 heterocycles. The molecule has 0 spiro atoms. The SMILES string of the molecule is NNC(=O)c1ccc(CN(C(=O)N2CCN(Cc3ccccc3)CC2)c2ccccc2)cc1. The van der Waals surface area contributed by atoms with Gasteiger partial charge in [0, 0.05) is 44.0 Å². The Hall–Kier alpha value is -3.68. The van der Waals surface area contributed by atoms with E-state index >= 15 is 0 Å². The zero-order chi connectivity index (χ0) is 23.0. The van der Waals surface area contributed by atoms with E-state index in [0.29, 0.717) is 25.2 Å². The monoisotopic (exact) mass is 443 g/mol. The summed E-state index contributed by atoms with van der Waals surface area (Å²) in [6, 6.07) is 27.2. The molecular formula is C26H29N5O2. The van der Waals surface area contributed by atoms with Crippen molar-refractivity contribution in [3.05, 3.63) is 102 Å². The van der Waals surface area contributed by atoms with Crippen LogP contribution in [0, 0.1) is 0 Å². The molecule has 1 aliphatic heterocycles. The predicted molar refractivity (Wildman–Crippen MR) is 129 cm³/mol. The number of urea groups is 1. The van der Waals surface area contributed by atoms with E-state index in [1.54, 1.807) is 17.0 Å². The molecule has 0 aromatic heterocycles. The van der Waals surface area contributed by atoms with Gasteiger partial charge in [-0.15, -0.1) is 0 Å². The molecule has 1 saturated heterocycles. The molecule has 0 radical (unpaired) electrons. The second kappa shape index (κ2) is 10.8. The Balaban J connectivity index is 1.44. The number of para-hydroxylation sites is 1. The summed E-state index contributed by atoms with van der Waals surface area (Å²) in [7, 11) is 0. The summed E-state index contributed by atoms with van der Waals surface area (Å²) in [4.78, 5) is 31.4. The van der Waals surface area contributed by atoms with Crippen LogP contribution in [-0.2, 0) is 13.1 Å². The van der Waals surface area contributed by atoms with E-state index in [2.05, 4.69) is 34.6 Å². The van der Waals surface area contributed by atoms with Crippen molar-refractivity contribution in [3.8, 4) is 0 Å². The zero-order valence-electron chi connectivity index (χ0n) is 18.6. The van der Waals surface area contributed by atoms with Crippen LogP contribution in [0.15, 0.2) is 84.9 Å². The van der Waals surface area contributed by atoms with Gasteiger partial charge in [0.05, 0.1) is 6.54 Å². The lowest BCUT2D eigenvalue weighted by molar-refractivity contribution is 0.0953. The number of amides is 3. The van der Waals surface area contributed by atoms with Gasteiger partial charge in [0.15, 0.2) is 0 Å². The van der Waals surface area contributed by atoms with E-state index in [0.717, 1.165) is 30.9 Å². The van der Waals surface area contributed by atoms with Crippen LogP contribution in [0.4, 0.5) is 10.5 Å². The van der Waals surface area contributed by atoms with Crippen molar-refractivity contribution < 1.29 is 9.59 Å². The number of nitrogens with two attached hydrogens (primary N) is 1. The molecule has 3 aromatic rings. The average molecular weight is 444 g/mol. The Morgan fingerprint density at radius 1 is 0.788 bits per heavy atom. The van der Waals surface area contributed by atoms with Crippen LogP contribution < -0.4 is 16.2 Å². The van der Waals surface area contributed by atoms with E-state index in [1.807, 2.05) is 53.4 Å². The molecule has 0 aliphatic carbocycles. The maximum Gasteiger partial charge on any atom is 0.324 e. The summed E-state index contributed by atoms with van der Waals surface area (Å²) in [6.45, 7) is 4.36. The highest BCUT2D eigenvalue weighted by molar-refractivity contribution is 5.94. The van der Waals surface area contributed by atoms with Crippen LogP contribution in [0.3, 0.4) is 0 Å². The van der Waals surface area contributed by atoms with Crippen molar-refractivity contribution >= 4 is 17.6 Å². The number of nitrogens with one attached hydrogen (secondary N) is 1. The summed E-state index contributed by atoms with van der Waals surface area (Å²) in [5.41, 5.74) is 5.68. The van der Waals surface area contributed by atoms with Crippen LogP contribution in [0.5, 0.6) is 0 Å². The molecule has 0 saturated carbocycles. The number of benzene rings is 3. The van der Waals surface area contributed by atoms with E-state index in [1.165, 1.54) is 5.56 Å². The predicted octanol–water partition coefficient (Wildman–Crippen LogP) is 3.23. The maximum atomic E-state index is 13.5. The lowest BCUT2D eigenvalue weighted by Crippen LogP contribution is -2.52. The van der Waals surface area contributed by atoms with Crippen molar-refractivity contribution in [2.45, 2.75) is 13.1 Å². The Kier molecular flexibility index (Phi) is 7.34.